The lowest BCUT2D eigenvalue weighted by atomic mass is 10.1. The van der Waals surface area contributed by atoms with Crippen LogP contribution in [-0.2, 0) is 0 Å². The Morgan fingerprint density at radius 1 is 1.29 bits per heavy atom. The molecule has 1 aliphatic carbocycles. The third-order valence-corrected chi connectivity index (χ3v) is 6.17. The lowest BCUT2D eigenvalue weighted by Gasteiger charge is -2.16. The minimum absolute atomic E-state index is 0.567. The van der Waals surface area contributed by atoms with E-state index in [0.29, 0.717) is 6.04 Å². The SMILES string of the molecule is CCCNC(c1ccc(-c2ccc(C)c(Br)c2)s1)C1CC1. The smallest absolute Gasteiger partial charge is 0.0443 e. The monoisotopic (exact) mass is 363 g/mol. The normalized spacial score (nSPS) is 16.1. The van der Waals surface area contributed by atoms with Gasteiger partial charge < -0.3 is 5.32 Å². The van der Waals surface area contributed by atoms with Gasteiger partial charge in [-0.15, -0.1) is 11.3 Å². The zero-order valence-corrected chi connectivity index (χ0v) is 15.1. The van der Waals surface area contributed by atoms with Gasteiger partial charge >= 0.3 is 0 Å². The van der Waals surface area contributed by atoms with Crippen LogP contribution < -0.4 is 5.32 Å². The Kier molecular flexibility index (Phi) is 4.82. The summed E-state index contributed by atoms with van der Waals surface area (Å²) in [5.74, 6) is 0.854. The lowest BCUT2D eigenvalue weighted by Crippen LogP contribution is -2.22. The average molecular weight is 364 g/mol. The molecule has 1 aromatic carbocycles. The third kappa shape index (κ3) is 3.58. The van der Waals surface area contributed by atoms with Crippen LogP contribution in [0.4, 0.5) is 0 Å². The molecule has 21 heavy (non-hydrogen) atoms. The molecule has 1 unspecified atom stereocenters. The number of hydrogen-bond donors (Lipinski definition) is 1. The predicted molar refractivity (Wildman–Crippen MR) is 96.0 cm³/mol. The van der Waals surface area contributed by atoms with Gasteiger partial charge in [-0.25, -0.2) is 0 Å². The third-order valence-electron chi connectivity index (χ3n) is 4.10. The Labute approximate surface area is 139 Å². The Morgan fingerprint density at radius 2 is 2.10 bits per heavy atom. The van der Waals surface area contributed by atoms with Gasteiger partial charge in [0.05, 0.1) is 0 Å². The van der Waals surface area contributed by atoms with E-state index in [2.05, 4.69) is 65.4 Å². The van der Waals surface area contributed by atoms with Crippen LogP contribution in [0.15, 0.2) is 34.8 Å². The van der Waals surface area contributed by atoms with Crippen LogP contribution in [-0.4, -0.2) is 6.54 Å². The summed E-state index contributed by atoms with van der Waals surface area (Å²) in [5.41, 5.74) is 2.60. The van der Waals surface area contributed by atoms with E-state index >= 15 is 0 Å². The number of thiophene rings is 1. The molecule has 0 saturated heterocycles. The van der Waals surface area contributed by atoms with Crippen molar-refractivity contribution in [3.63, 3.8) is 0 Å². The van der Waals surface area contributed by atoms with Gasteiger partial charge in [-0.3, -0.25) is 0 Å². The molecule has 0 bridgehead atoms. The Morgan fingerprint density at radius 3 is 2.76 bits per heavy atom. The molecule has 1 aromatic heterocycles. The van der Waals surface area contributed by atoms with E-state index in [9.17, 15) is 0 Å². The zero-order valence-electron chi connectivity index (χ0n) is 12.7. The zero-order chi connectivity index (χ0) is 14.8. The van der Waals surface area contributed by atoms with Gasteiger partial charge in [0.2, 0.25) is 0 Å². The molecule has 1 saturated carbocycles. The molecule has 1 nitrogen and oxygen atoms in total. The van der Waals surface area contributed by atoms with E-state index in [-0.39, 0.29) is 0 Å². The standard InChI is InChI=1S/C18H22BrNS/c1-3-10-20-18(13-6-7-13)17-9-8-16(21-17)14-5-4-12(2)15(19)11-14/h4-5,8-9,11,13,18,20H,3,6-7,10H2,1-2H3. The van der Waals surface area contributed by atoms with Crippen molar-refractivity contribution in [2.24, 2.45) is 5.92 Å². The summed E-state index contributed by atoms with van der Waals surface area (Å²) < 4.78 is 1.19. The second kappa shape index (κ2) is 6.64. The molecule has 3 heteroatoms. The largest absolute Gasteiger partial charge is 0.309 e. The second-order valence-electron chi connectivity index (χ2n) is 5.94. The van der Waals surface area contributed by atoms with Crippen LogP contribution in [0.1, 0.15) is 42.7 Å². The van der Waals surface area contributed by atoms with Crippen LogP contribution in [0.2, 0.25) is 0 Å². The van der Waals surface area contributed by atoms with Crippen molar-refractivity contribution < 1.29 is 0 Å². The Balaban J connectivity index is 1.82. The van der Waals surface area contributed by atoms with Crippen molar-refractivity contribution in [2.75, 3.05) is 6.54 Å². The molecule has 1 atom stereocenters. The van der Waals surface area contributed by atoms with Crippen molar-refractivity contribution in [2.45, 2.75) is 39.2 Å². The first-order valence-electron chi connectivity index (χ1n) is 7.78. The Hall–Kier alpha value is -0.640. The molecule has 112 valence electrons. The van der Waals surface area contributed by atoms with Crippen molar-refractivity contribution in [3.05, 3.63) is 45.2 Å². The van der Waals surface area contributed by atoms with Gasteiger partial charge in [0.1, 0.15) is 0 Å². The summed E-state index contributed by atoms with van der Waals surface area (Å²) in [6.07, 6.45) is 3.96. The summed E-state index contributed by atoms with van der Waals surface area (Å²) in [6, 6.07) is 11.8. The fourth-order valence-electron chi connectivity index (χ4n) is 2.65. The number of hydrogen-bond acceptors (Lipinski definition) is 2. The van der Waals surface area contributed by atoms with E-state index in [0.717, 1.165) is 12.5 Å². The summed E-state index contributed by atoms with van der Waals surface area (Å²) in [4.78, 5) is 2.87. The van der Waals surface area contributed by atoms with Crippen LogP contribution in [0.3, 0.4) is 0 Å². The molecule has 1 N–H and O–H groups in total. The topological polar surface area (TPSA) is 12.0 Å². The molecule has 3 rings (SSSR count). The van der Waals surface area contributed by atoms with Gasteiger partial charge in [0, 0.05) is 20.3 Å². The minimum atomic E-state index is 0.567. The average Bonchev–Trinajstić information content (AvgIpc) is 3.20. The minimum Gasteiger partial charge on any atom is -0.309 e. The summed E-state index contributed by atoms with van der Waals surface area (Å²) in [5, 5.41) is 3.73. The fraction of sp³-hybridized carbons (Fsp3) is 0.444. The van der Waals surface area contributed by atoms with Gasteiger partial charge in [-0.05, 0) is 68.0 Å². The first-order chi connectivity index (χ1) is 10.2. The quantitative estimate of drug-likeness (QED) is 0.669. The van der Waals surface area contributed by atoms with Gasteiger partial charge in [-0.1, -0.05) is 35.0 Å². The summed E-state index contributed by atoms with van der Waals surface area (Å²) >= 11 is 5.58. The second-order valence-corrected chi connectivity index (χ2v) is 7.90. The molecule has 0 spiro atoms. The maximum atomic E-state index is 3.73. The summed E-state index contributed by atoms with van der Waals surface area (Å²) in [7, 11) is 0. The van der Waals surface area contributed by atoms with Gasteiger partial charge in [0.25, 0.3) is 0 Å². The first-order valence-corrected chi connectivity index (χ1v) is 9.39. The van der Waals surface area contributed by atoms with Crippen molar-refractivity contribution in [1.82, 2.24) is 5.32 Å². The van der Waals surface area contributed by atoms with E-state index in [1.807, 2.05) is 11.3 Å². The molecular weight excluding hydrogens is 342 g/mol. The van der Waals surface area contributed by atoms with Crippen LogP contribution in [0.5, 0.6) is 0 Å². The predicted octanol–water partition coefficient (Wildman–Crippen LogP) is 5.94. The van der Waals surface area contributed by atoms with Crippen LogP contribution >= 0.6 is 27.3 Å². The van der Waals surface area contributed by atoms with Crippen molar-refractivity contribution >= 4 is 27.3 Å². The van der Waals surface area contributed by atoms with Crippen LogP contribution in [0, 0.1) is 12.8 Å². The molecule has 0 amide bonds. The van der Waals surface area contributed by atoms with Crippen LogP contribution in [0.25, 0.3) is 10.4 Å². The number of nitrogens with one attached hydrogen (secondary N) is 1. The molecule has 1 aliphatic rings. The molecular formula is C18H22BrNS. The highest BCUT2D eigenvalue weighted by Gasteiger charge is 2.32. The lowest BCUT2D eigenvalue weighted by molar-refractivity contribution is 0.488. The van der Waals surface area contributed by atoms with Gasteiger partial charge in [0.15, 0.2) is 0 Å². The Bertz CT molecular complexity index is 615. The molecule has 0 radical (unpaired) electrons. The van der Waals surface area contributed by atoms with Crippen molar-refractivity contribution in [1.29, 1.82) is 0 Å². The van der Waals surface area contributed by atoms with E-state index in [1.54, 1.807) is 0 Å². The molecule has 1 heterocycles. The highest BCUT2D eigenvalue weighted by atomic mass is 79.9. The van der Waals surface area contributed by atoms with E-state index in [1.165, 1.54) is 44.6 Å². The highest BCUT2D eigenvalue weighted by molar-refractivity contribution is 9.10. The number of aryl methyl sites for hydroxylation is 1. The van der Waals surface area contributed by atoms with E-state index in [4.69, 9.17) is 0 Å². The molecule has 2 aromatic rings. The highest BCUT2D eigenvalue weighted by Crippen LogP contribution is 2.44. The number of rotatable bonds is 6. The maximum Gasteiger partial charge on any atom is 0.0443 e. The number of halogens is 1. The first kappa shape index (κ1) is 15.3. The van der Waals surface area contributed by atoms with Crippen molar-refractivity contribution in [3.8, 4) is 10.4 Å². The summed E-state index contributed by atoms with van der Waals surface area (Å²) in [6.45, 7) is 5.48. The van der Waals surface area contributed by atoms with Gasteiger partial charge in [-0.2, -0.15) is 0 Å². The fourth-order valence-corrected chi connectivity index (χ4v) is 4.20. The molecule has 0 aliphatic heterocycles. The van der Waals surface area contributed by atoms with E-state index < -0.39 is 0 Å². The number of benzene rings is 1. The maximum absolute atomic E-state index is 3.73. The molecule has 1 fully saturated rings.